The van der Waals surface area contributed by atoms with E-state index < -0.39 is 0 Å². The van der Waals surface area contributed by atoms with Crippen LogP contribution in [-0.2, 0) is 11.2 Å². The van der Waals surface area contributed by atoms with Crippen LogP contribution in [0.25, 0.3) is 5.57 Å². The van der Waals surface area contributed by atoms with Crippen molar-refractivity contribution in [2.75, 3.05) is 34.4 Å². The average Bonchev–Trinajstić information content (AvgIpc) is 3.13. The van der Waals surface area contributed by atoms with Gasteiger partial charge in [-0.25, -0.2) is 0 Å². The van der Waals surface area contributed by atoms with E-state index in [1.54, 1.807) is 21.3 Å². The first-order chi connectivity index (χ1) is 13.0. The minimum Gasteiger partial charge on any atom is -0.493 e. The predicted molar refractivity (Wildman–Crippen MR) is 102 cm³/mol. The van der Waals surface area contributed by atoms with E-state index in [1.807, 2.05) is 36.1 Å². The van der Waals surface area contributed by atoms with Gasteiger partial charge in [0.25, 0.3) is 0 Å². The molecule has 0 atom stereocenters. The number of rotatable bonds is 6. The average molecular weight is 371 g/mol. The minimum absolute atomic E-state index is 0.0650. The third kappa shape index (κ3) is 4.10. The summed E-state index contributed by atoms with van der Waals surface area (Å²) in [6.45, 7) is 3.19. The summed E-state index contributed by atoms with van der Waals surface area (Å²) in [4.78, 5) is 14.6. The molecule has 2 aromatic rings. The fourth-order valence-corrected chi connectivity index (χ4v) is 3.25. The molecule has 0 N–H and O–H groups in total. The molecule has 27 heavy (non-hydrogen) atoms. The molecule has 1 aliphatic rings. The molecule has 1 aliphatic heterocycles. The monoisotopic (exact) mass is 371 g/mol. The lowest BCUT2D eigenvalue weighted by molar-refractivity contribution is -0.130. The number of nitrogens with zero attached hydrogens (tertiary/aromatic N) is 1. The molecule has 0 bridgehead atoms. The Balaban J connectivity index is 1.70. The van der Waals surface area contributed by atoms with Gasteiger partial charge in [-0.05, 0) is 48.7 Å². The number of hydrogen-bond acceptors (Lipinski definition) is 5. The fraction of sp³-hybridized carbons (Fsp3) is 0.381. The van der Waals surface area contributed by atoms with Crippen molar-refractivity contribution < 1.29 is 23.4 Å². The minimum atomic E-state index is 0.0650. The Morgan fingerprint density at radius 3 is 2.30 bits per heavy atom. The Kier molecular flexibility index (Phi) is 5.74. The van der Waals surface area contributed by atoms with Gasteiger partial charge in [-0.1, -0.05) is 6.08 Å². The summed E-state index contributed by atoms with van der Waals surface area (Å²) in [7, 11) is 4.69. The molecule has 1 aromatic heterocycles. The summed E-state index contributed by atoms with van der Waals surface area (Å²) in [5.74, 6) is 3.48. The summed E-state index contributed by atoms with van der Waals surface area (Å²) in [6.07, 6.45) is 3.13. The molecular formula is C21H25NO5. The largest absolute Gasteiger partial charge is 0.493 e. The second-order valence-electron chi connectivity index (χ2n) is 6.44. The first-order valence-electron chi connectivity index (χ1n) is 8.88. The Morgan fingerprint density at radius 2 is 1.81 bits per heavy atom. The van der Waals surface area contributed by atoms with Gasteiger partial charge < -0.3 is 23.5 Å². The molecule has 0 fully saturated rings. The maximum absolute atomic E-state index is 12.7. The van der Waals surface area contributed by atoms with Gasteiger partial charge in [0.2, 0.25) is 11.7 Å². The molecule has 0 aliphatic carbocycles. The molecular weight excluding hydrogens is 346 g/mol. The zero-order chi connectivity index (χ0) is 19.4. The second-order valence-corrected chi connectivity index (χ2v) is 6.44. The molecule has 1 aromatic carbocycles. The summed E-state index contributed by atoms with van der Waals surface area (Å²) < 4.78 is 21.7. The third-order valence-electron chi connectivity index (χ3n) is 4.70. The maximum Gasteiger partial charge on any atom is 0.227 e. The number of carbonyl (C=O) groups excluding carboxylic acids is 1. The molecule has 6 nitrogen and oxygen atoms in total. The van der Waals surface area contributed by atoms with Crippen molar-refractivity contribution in [1.82, 2.24) is 4.90 Å². The molecule has 144 valence electrons. The predicted octanol–water partition coefficient (Wildman–Crippen LogP) is 3.47. The molecule has 0 radical (unpaired) electrons. The zero-order valence-electron chi connectivity index (χ0n) is 16.2. The first kappa shape index (κ1) is 18.9. The normalized spacial score (nSPS) is 13.9. The Hall–Kier alpha value is -2.89. The second kappa shape index (κ2) is 8.20. The van der Waals surface area contributed by atoms with Gasteiger partial charge in [0.05, 0.1) is 27.8 Å². The van der Waals surface area contributed by atoms with E-state index in [-0.39, 0.29) is 12.3 Å². The molecule has 2 heterocycles. The van der Waals surface area contributed by atoms with E-state index in [9.17, 15) is 4.79 Å². The highest BCUT2D eigenvalue weighted by Crippen LogP contribution is 2.38. The molecule has 3 rings (SSSR count). The van der Waals surface area contributed by atoms with E-state index in [0.29, 0.717) is 30.3 Å². The zero-order valence-corrected chi connectivity index (χ0v) is 16.2. The molecule has 0 saturated heterocycles. The highest BCUT2D eigenvalue weighted by atomic mass is 16.5. The van der Waals surface area contributed by atoms with Crippen LogP contribution in [0.15, 0.2) is 34.8 Å². The van der Waals surface area contributed by atoms with Crippen LogP contribution in [-0.4, -0.2) is 45.2 Å². The van der Waals surface area contributed by atoms with Crippen LogP contribution in [0.5, 0.6) is 17.2 Å². The lowest BCUT2D eigenvalue weighted by Crippen LogP contribution is -2.35. The lowest BCUT2D eigenvalue weighted by Gasteiger charge is -2.26. The van der Waals surface area contributed by atoms with Crippen LogP contribution >= 0.6 is 0 Å². The van der Waals surface area contributed by atoms with Crippen molar-refractivity contribution in [3.05, 3.63) is 47.4 Å². The van der Waals surface area contributed by atoms with Crippen LogP contribution in [0.3, 0.4) is 0 Å². The van der Waals surface area contributed by atoms with Crippen LogP contribution in [0.1, 0.15) is 23.5 Å². The van der Waals surface area contributed by atoms with Gasteiger partial charge in [0.15, 0.2) is 11.5 Å². The van der Waals surface area contributed by atoms with Gasteiger partial charge in [-0.15, -0.1) is 0 Å². The summed E-state index contributed by atoms with van der Waals surface area (Å²) >= 11 is 0. The van der Waals surface area contributed by atoms with Crippen molar-refractivity contribution in [1.29, 1.82) is 0 Å². The SMILES string of the molecule is COc1cc(CC(=O)N2CC=C(c3ccc(C)o3)CC2)cc(OC)c1OC. The Bertz CT molecular complexity index is 827. The van der Waals surface area contributed by atoms with Crippen molar-refractivity contribution in [3.8, 4) is 17.2 Å². The summed E-state index contributed by atoms with van der Waals surface area (Å²) in [5.41, 5.74) is 1.98. The fourth-order valence-electron chi connectivity index (χ4n) is 3.25. The third-order valence-corrected chi connectivity index (χ3v) is 4.70. The van der Waals surface area contributed by atoms with Gasteiger partial charge in [-0.2, -0.15) is 0 Å². The maximum atomic E-state index is 12.7. The number of furan rings is 1. The van der Waals surface area contributed by atoms with Crippen LogP contribution in [0.4, 0.5) is 0 Å². The van der Waals surface area contributed by atoms with Gasteiger partial charge in [0, 0.05) is 13.1 Å². The molecule has 6 heteroatoms. The van der Waals surface area contributed by atoms with E-state index in [4.69, 9.17) is 18.6 Å². The number of amides is 1. The van der Waals surface area contributed by atoms with E-state index in [2.05, 4.69) is 6.08 Å². The molecule has 0 spiro atoms. The van der Waals surface area contributed by atoms with E-state index in [0.717, 1.165) is 29.1 Å². The van der Waals surface area contributed by atoms with E-state index in [1.165, 1.54) is 0 Å². The topological polar surface area (TPSA) is 61.1 Å². The number of methoxy groups -OCH3 is 3. The summed E-state index contributed by atoms with van der Waals surface area (Å²) in [6, 6.07) is 7.57. The van der Waals surface area contributed by atoms with Gasteiger partial charge in [0.1, 0.15) is 11.5 Å². The van der Waals surface area contributed by atoms with Crippen molar-refractivity contribution in [2.45, 2.75) is 19.8 Å². The highest BCUT2D eigenvalue weighted by Gasteiger charge is 2.21. The van der Waals surface area contributed by atoms with Crippen molar-refractivity contribution in [3.63, 3.8) is 0 Å². The van der Waals surface area contributed by atoms with Crippen molar-refractivity contribution in [2.24, 2.45) is 0 Å². The van der Waals surface area contributed by atoms with Crippen LogP contribution in [0, 0.1) is 6.92 Å². The standard InChI is InChI=1S/C21H25NO5/c1-14-5-6-17(27-14)16-7-9-22(10-8-16)20(23)13-15-11-18(24-2)21(26-4)19(12-15)25-3/h5-7,11-12H,8-10,13H2,1-4H3. The van der Waals surface area contributed by atoms with Crippen LogP contribution in [0.2, 0.25) is 0 Å². The molecule has 1 amide bonds. The lowest BCUT2D eigenvalue weighted by atomic mass is 10.0. The highest BCUT2D eigenvalue weighted by molar-refractivity contribution is 5.80. The van der Waals surface area contributed by atoms with E-state index >= 15 is 0 Å². The molecule has 0 saturated carbocycles. The number of hydrogen-bond donors (Lipinski definition) is 0. The van der Waals surface area contributed by atoms with Crippen molar-refractivity contribution >= 4 is 11.5 Å². The summed E-state index contributed by atoms with van der Waals surface area (Å²) in [5, 5.41) is 0. The smallest absolute Gasteiger partial charge is 0.227 e. The Labute approximate surface area is 159 Å². The number of carbonyl (C=O) groups is 1. The quantitative estimate of drug-likeness (QED) is 0.778. The number of aryl methyl sites for hydroxylation is 1. The first-order valence-corrected chi connectivity index (χ1v) is 8.88. The Morgan fingerprint density at radius 1 is 1.11 bits per heavy atom. The number of ether oxygens (including phenoxy) is 3. The van der Waals surface area contributed by atoms with Gasteiger partial charge >= 0.3 is 0 Å². The molecule has 0 unspecified atom stereocenters. The van der Waals surface area contributed by atoms with Gasteiger partial charge in [-0.3, -0.25) is 4.79 Å². The number of benzene rings is 1. The van der Waals surface area contributed by atoms with Crippen LogP contribution < -0.4 is 14.2 Å².